The normalized spacial score (nSPS) is 23.9. The van der Waals surface area contributed by atoms with Crippen molar-refractivity contribution in [3.8, 4) is 0 Å². The number of halogens is 1. The first-order valence-electron chi connectivity index (χ1n) is 3.10. The van der Waals surface area contributed by atoms with Gasteiger partial charge in [0.05, 0.1) is 0 Å². The molecule has 0 heterocycles. The van der Waals surface area contributed by atoms with E-state index in [9.17, 15) is 4.39 Å². The van der Waals surface area contributed by atoms with Gasteiger partial charge in [-0.15, -0.1) is 0 Å². The summed E-state index contributed by atoms with van der Waals surface area (Å²) in [5.41, 5.74) is 1.22. The maximum Gasteiger partial charge on any atom is 0.101 e. The first-order valence-corrected chi connectivity index (χ1v) is 3.10. The zero-order valence-corrected chi connectivity index (χ0v) is 4.99. The van der Waals surface area contributed by atoms with Crippen molar-refractivity contribution in [1.82, 2.24) is 0 Å². The van der Waals surface area contributed by atoms with Crippen LogP contribution >= 0.6 is 0 Å². The lowest BCUT2D eigenvalue weighted by Gasteiger charge is -2.15. The molecule has 0 saturated heterocycles. The maximum atomic E-state index is 12.3. The summed E-state index contributed by atoms with van der Waals surface area (Å²) < 4.78 is 12.3. The molecule has 0 unspecified atom stereocenters. The Morgan fingerprint density at radius 1 is 1.38 bits per heavy atom. The minimum absolute atomic E-state index is 0.541. The summed E-state index contributed by atoms with van der Waals surface area (Å²) in [6.07, 6.45) is 2.68. The largest absolute Gasteiger partial charge is 0.247 e. The van der Waals surface area contributed by atoms with Crippen molar-refractivity contribution in [3.05, 3.63) is 12.2 Å². The van der Waals surface area contributed by atoms with Gasteiger partial charge >= 0.3 is 0 Å². The Morgan fingerprint density at radius 3 is 2.25 bits per heavy atom. The van der Waals surface area contributed by atoms with Crippen molar-refractivity contribution in [2.75, 3.05) is 0 Å². The fraction of sp³-hybridized carbons (Fsp3) is 0.714. The molecule has 0 bridgehead atoms. The van der Waals surface area contributed by atoms with Gasteiger partial charge in [-0.25, -0.2) is 4.39 Å². The molecule has 0 amide bonds. The molecule has 0 aromatic rings. The Kier molecular flexibility index (Phi) is 1.66. The zero-order chi connectivity index (χ0) is 5.98. The van der Waals surface area contributed by atoms with E-state index in [-0.39, 0.29) is 0 Å². The van der Waals surface area contributed by atoms with E-state index in [1.165, 1.54) is 5.57 Å². The van der Waals surface area contributed by atoms with E-state index in [2.05, 4.69) is 6.58 Å². The summed E-state index contributed by atoms with van der Waals surface area (Å²) in [4.78, 5) is 0. The third-order valence-electron chi connectivity index (χ3n) is 1.62. The van der Waals surface area contributed by atoms with Crippen molar-refractivity contribution in [2.24, 2.45) is 0 Å². The quantitative estimate of drug-likeness (QED) is 0.424. The van der Waals surface area contributed by atoms with Gasteiger partial charge in [0.1, 0.15) is 6.17 Å². The summed E-state index contributed by atoms with van der Waals surface area (Å²) in [6, 6.07) is 0. The third kappa shape index (κ3) is 1.32. The van der Waals surface area contributed by atoms with Gasteiger partial charge in [0.2, 0.25) is 0 Å². The van der Waals surface area contributed by atoms with Crippen molar-refractivity contribution in [1.29, 1.82) is 0 Å². The van der Waals surface area contributed by atoms with E-state index in [4.69, 9.17) is 0 Å². The highest BCUT2D eigenvalue weighted by atomic mass is 19.1. The van der Waals surface area contributed by atoms with Crippen LogP contribution in [0.25, 0.3) is 0 Å². The first kappa shape index (κ1) is 5.80. The van der Waals surface area contributed by atoms with Crippen LogP contribution in [0.4, 0.5) is 4.39 Å². The van der Waals surface area contributed by atoms with E-state index in [1.54, 1.807) is 0 Å². The highest BCUT2D eigenvalue weighted by Gasteiger charge is 2.12. The Morgan fingerprint density at radius 2 is 1.88 bits per heavy atom. The number of hydrogen-bond acceptors (Lipinski definition) is 0. The fourth-order valence-electron chi connectivity index (χ4n) is 0.991. The molecule has 0 N–H and O–H groups in total. The number of rotatable bonds is 0. The standard InChI is InChI=1S/C7H11F/c1-6-2-4-7(8)5-3-6/h7H,1-5H2. The molecule has 0 aliphatic heterocycles. The molecular formula is C7H11F. The Bertz CT molecular complexity index is 86.6. The average Bonchev–Trinajstić information content (AvgIpc) is 1.77. The van der Waals surface area contributed by atoms with Crippen LogP contribution in [-0.4, -0.2) is 6.17 Å². The lowest BCUT2D eigenvalue weighted by Crippen LogP contribution is -2.06. The van der Waals surface area contributed by atoms with Gasteiger partial charge in [0, 0.05) is 0 Å². The third-order valence-corrected chi connectivity index (χ3v) is 1.62. The smallest absolute Gasteiger partial charge is 0.101 e. The predicted molar refractivity (Wildman–Crippen MR) is 32.5 cm³/mol. The minimum atomic E-state index is -0.541. The minimum Gasteiger partial charge on any atom is -0.247 e. The van der Waals surface area contributed by atoms with E-state index < -0.39 is 6.17 Å². The summed E-state index contributed by atoms with van der Waals surface area (Å²) in [6.45, 7) is 3.78. The molecule has 1 fully saturated rings. The molecular weight excluding hydrogens is 103 g/mol. The molecule has 1 rings (SSSR count). The zero-order valence-electron chi connectivity index (χ0n) is 4.99. The van der Waals surface area contributed by atoms with Gasteiger partial charge in [-0.05, 0) is 25.7 Å². The lowest BCUT2D eigenvalue weighted by atomic mass is 9.95. The molecule has 1 saturated carbocycles. The van der Waals surface area contributed by atoms with Crippen LogP contribution in [0.3, 0.4) is 0 Å². The SMILES string of the molecule is C=C1CCC(F)CC1. The summed E-state index contributed by atoms with van der Waals surface area (Å²) >= 11 is 0. The van der Waals surface area contributed by atoms with Crippen LogP contribution in [0.15, 0.2) is 12.2 Å². The van der Waals surface area contributed by atoms with E-state index in [1.807, 2.05) is 0 Å². The maximum absolute atomic E-state index is 12.3. The molecule has 8 heavy (non-hydrogen) atoms. The lowest BCUT2D eigenvalue weighted by molar-refractivity contribution is 0.276. The van der Waals surface area contributed by atoms with Crippen molar-refractivity contribution >= 4 is 0 Å². The van der Waals surface area contributed by atoms with Crippen LogP contribution in [0.5, 0.6) is 0 Å². The molecule has 0 radical (unpaired) electrons. The van der Waals surface area contributed by atoms with Gasteiger partial charge in [-0.2, -0.15) is 0 Å². The fourth-order valence-corrected chi connectivity index (χ4v) is 0.991. The van der Waals surface area contributed by atoms with Crippen LogP contribution in [-0.2, 0) is 0 Å². The van der Waals surface area contributed by atoms with Crippen molar-refractivity contribution in [2.45, 2.75) is 31.9 Å². The molecule has 0 aromatic carbocycles. The van der Waals surface area contributed by atoms with Crippen LogP contribution in [0.2, 0.25) is 0 Å². The second kappa shape index (κ2) is 2.29. The summed E-state index contributed by atoms with van der Waals surface area (Å²) in [5.74, 6) is 0. The molecule has 1 heteroatoms. The van der Waals surface area contributed by atoms with Gasteiger partial charge in [0.25, 0.3) is 0 Å². The van der Waals surface area contributed by atoms with Gasteiger partial charge in [-0.3, -0.25) is 0 Å². The Labute approximate surface area is 49.4 Å². The summed E-state index contributed by atoms with van der Waals surface area (Å²) in [7, 11) is 0. The van der Waals surface area contributed by atoms with E-state index in [0.717, 1.165) is 12.8 Å². The predicted octanol–water partition coefficient (Wildman–Crippen LogP) is 2.45. The van der Waals surface area contributed by atoms with Crippen molar-refractivity contribution < 1.29 is 4.39 Å². The molecule has 1 aliphatic rings. The number of hydrogen-bond donors (Lipinski definition) is 0. The molecule has 1 aliphatic carbocycles. The average molecular weight is 114 g/mol. The molecule has 0 atom stereocenters. The number of allylic oxidation sites excluding steroid dienone is 1. The molecule has 0 nitrogen and oxygen atoms in total. The first-order chi connectivity index (χ1) is 3.79. The van der Waals surface area contributed by atoms with Crippen molar-refractivity contribution in [3.63, 3.8) is 0 Å². The van der Waals surface area contributed by atoms with Crippen LogP contribution in [0, 0.1) is 0 Å². The van der Waals surface area contributed by atoms with Gasteiger partial charge < -0.3 is 0 Å². The van der Waals surface area contributed by atoms with Crippen LogP contribution < -0.4 is 0 Å². The second-order valence-electron chi connectivity index (χ2n) is 2.42. The highest BCUT2D eigenvalue weighted by Crippen LogP contribution is 2.23. The van der Waals surface area contributed by atoms with E-state index in [0.29, 0.717) is 12.8 Å². The van der Waals surface area contributed by atoms with Crippen LogP contribution in [0.1, 0.15) is 25.7 Å². The molecule has 46 valence electrons. The summed E-state index contributed by atoms with van der Waals surface area (Å²) in [5, 5.41) is 0. The Hall–Kier alpha value is -0.330. The second-order valence-corrected chi connectivity index (χ2v) is 2.42. The monoisotopic (exact) mass is 114 g/mol. The molecule has 0 spiro atoms. The molecule has 0 aromatic heterocycles. The Balaban J connectivity index is 2.29. The topological polar surface area (TPSA) is 0 Å². The number of alkyl halides is 1. The van der Waals surface area contributed by atoms with Gasteiger partial charge in [-0.1, -0.05) is 12.2 Å². The van der Waals surface area contributed by atoms with E-state index >= 15 is 0 Å². The highest BCUT2D eigenvalue weighted by molar-refractivity contribution is 4.98. The van der Waals surface area contributed by atoms with Gasteiger partial charge in [0.15, 0.2) is 0 Å².